The molecule has 1 atom stereocenters. The molecule has 7 nitrogen and oxygen atoms in total. The molecular weight excluding hydrogens is 371 g/mol. The lowest BCUT2D eigenvalue weighted by Gasteiger charge is -2.13. The van der Waals surface area contributed by atoms with Crippen LogP contribution in [-0.4, -0.2) is 35.8 Å². The van der Waals surface area contributed by atoms with Crippen LogP contribution in [0.5, 0.6) is 0 Å². The van der Waals surface area contributed by atoms with Gasteiger partial charge in [-0.25, -0.2) is 15.0 Å². The minimum absolute atomic E-state index is 0.182. The second kappa shape index (κ2) is 6.92. The summed E-state index contributed by atoms with van der Waals surface area (Å²) in [5.41, 5.74) is 0.857. The second-order valence-electron chi connectivity index (χ2n) is 6.83. The Morgan fingerprint density at radius 1 is 1.29 bits per heavy atom. The highest BCUT2D eigenvalue weighted by atomic mass is 19.4. The van der Waals surface area contributed by atoms with Crippen molar-refractivity contribution in [2.45, 2.75) is 45.5 Å². The van der Waals surface area contributed by atoms with Crippen LogP contribution in [0.4, 0.5) is 19.0 Å². The lowest BCUT2D eigenvalue weighted by atomic mass is 10.2. The Labute approximate surface area is 159 Å². The standard InChI is InChI=1S/C18H20F3N7/c1-3-22-17-14(18(19,20)21)8-24-15(25-17)6-12-9-28(26-11(12)2)13-7-16-23-4-5-27(16)10-13/h4-5,8-9,13H,3,6-7,10H2,1-2H3,(H,22,24,25)/t13-/m0/s1. The van der Waals surface area contributed by atoms with E-state index in [4.69, 9.17) is 0 Å². The summed E-state index contributed by atoms with van der Waals surface area (Å²) >= 11 is 0. The molecule has 0 spiro atoms. The molecule has 0 saturated carbocycles. The topological polar surface area (TPSA) is 73.5 Å². The van der Waals surface area contributed by atoms with Crippen LogP contribution in [-0.2, 0) is 25.6 Å². The first kappa shape index (κ1) is 18.5. The number of imidazole rings is 1. The molecule has 0 bridgehead atoms. The van der Waals surface area contributed by atoms with Gasteiger partial charge in [0, 0.05) is 56.3 Å². The predicted octanol–water partition coefficient (Wildman–Crippen LogP) is 3.02. The Kier molecular flexibility index (Phi) is 4.56. The van der Waals surface area contributed by atoms with E-state index in [1.54, 1.807) is 13.1 Å². The number of aromatic nitrogens is 6. The lowest BCUT2D eigenvalue weighted by Crippen LogP contribution is -2.14. The third-order valence-corrected chi connectivity index (χ3v) is 4.86. The highest BCUT2D eigenvalue weighted by molar-refractivity contribution is 5.45. The average Bonchev–Trinajstić information content (AvgIpc) is 3.29. The zero-order valence-electron chi connectivity index (χ0n) is 15.5. The Morgan fingerprint density at radius 3 is 2.82 bits per heavy atom. The molecule has 1 N–H and O–H groups in total. The van der Waals surface area contributed by atoms with E-state index < -0.39 is 11.7 Å². The first-order valence-corrected chi connectivity index (χ1v) is 9.06. The maximum absolute atomic E-state index is 13.1. The van der Waals surface area contributed by atoms with E-state index in [2.05, 4.69) is 29.9 Å². The molecule has 1 aliphatic heterocycles. The first-order valence-electron chi connectivity index (χ1n) is 9.06. The smallest absolute Gasteiger partial charge is 0.370 e. The summed E-state index contributed by atoms with van der Waals surface area (Å²) < 4.78 is 43.4. The summed E-state index contributed by atoms with van der Waals surface area (Å²) in [4.78, 5) is 12.4. The number of aryl methyl sites for hydroxylation is 1. The minimum atomic E-state index is -4.50. The van der Waals surface area contributed by atoms with Crippen LogP contribution < -0.4 is 5.32 Å². The van der Waals surface area contributed by atoms with E-state index in [0.29, 0.717) is 18.8 Å². The molecule has 0 saturated heterocycles. The molecule has 0 aliphatic carbocycles. The molecule has 148 valence electrons. The van der Waals surface area contributed by atoms with Crippen molar-refractivity contribution in [2.24, 2.45) is 0 Å². The van der Waals surface area contributed by atoms with Crippen LogP contribution >= 0.6 is 0 Å². The molecule has 0 amide bonds. The molecule has 0 aromatic carbocycles. The average molecular weight is 391 g/mol. The Morgan fingerprint density at radius 2 is 2.11 bits per heavy atom. The third kappa shape index (κ3) is 3.46. The molecule has 4 heterocycles. The van der Waals surface area contributed by atoms with Crippen molar-refractivity contribution in [3.8, 4) is 0 Å². The van der Waals surface area contributed by atoms with Crippen molar-refractivity contribution in [3.05, 3.63) is 53.3 Å². The van der Waals surface area contributed by atoms with Gasteiger partial charge in [-0.05, 0) is 13.8 Å². The predicted molar refractivity (Wildman–Crippen MR) is 95.9 cm³/mol. The zero-order valence-corrected chi connectivity index (χ0v) is 15.5. The van der Waals surface area contributed by atoms with Crippen molar-refractivity contribution in [3.63, 3.8) is 0 Å². The van der Waals surface area contributed by atoms with Crippen molar-refractivity contribution in [2.75, 3.05) is 11.9 Å². The fraction of sp³-hybridized carbons (Fsp3) is 0.444. The van der Waals surface area contributed by atoms with Crippen molar-refractivity contribution in [1.29, 1.82) is 0 Å². The summed E-state index contributed by atoms with van der Waals surface area (Å²) in [5, 5.41) is 7.27. The van der Waals surface area contributed by atoms with Gasteiger partial charge < -0.3 is 9.88 Å². The van der Waals surface area contributed by atoms with Gasteiger partial charge in [0.25, 0.3) is 0 Å². The number of fused-ring (bicyclic) bond motifs is 1. The Bertz CT molecular complexity index is 969. The van der Waals surface area contributed by atoms with E-state index in [9.17, 15) is 13.2 Å². The van der Waals surface area contributed by atoms with Crippen molar-refractivity contribution >= 4 is 5.82 Å². The quantitative estimate of drug-likeness (QED) is 0.724. The van der Waals surface area contributed by atoms with E-state index in [-0.39, 0.29) is 11.9 Å². The Balaban J connectivity index is 1.55. The number of nitrogens with one attached hydrogen (secondary N) is 1. The SMILES string of the molecule is CCNc1nc(Cc2cn([C@H]3Cc4nccn4C3)nc2C)ncc1C(F)(F)F. The molecule has 10 heteroatoms. The minimum Gasteiger partial charge on any atom is -0.370 e. The maximum Gasteiger partial charge on any atom is 0.421 e. The maximum atomic E-state index is 13.1. The number of hydrogen-bond acceptors (Lipinski definition) is 5. The molecule has 3 aromatic rings. The molecule has 0 fully saturated rings. The fourth-order valence-corrected chi connectivity index (χ4v) is 3.44. The van der Waals surface area contributed by atoms with Gasteiger partial charge in [0.1, 0.15) is 23.0 Å². The first-order chi connectivity index (χ1) is 13.3. The van der Waals surface area contributed by atoms with Gasteiger partial charge in [0.05, 0.1) is 11.7 Å². The van der Waals surface area contributed by atoms with Gasteiger partial charge in [-0.15, -0.1) is 0 Å². The summed E-state index contributed by atoms with van der Waals surface area (Å²) in [6, 6.07) is 0.182. The molecular formula is C18H20F3N7. The van der Waals surface area contributed by atoms with Crippen LogP contribution in [0.25, 0.3) is 0 Å². The van der Waals surface area contributed by atoms with Crippen LogP contribution in [0, 0.1) is 6.92 Å². The van der Waals surface area contributed by atoms with Crippen LogP contribution in [0.1, 0.15) is 41.4 Å². The third-order valence-electron chi connectivity index (χ3n) is 4.86. The summed E-state index contributed by atoms with van der Waals surface area (Å²) in [6.07, 6.45) is 3.13. The molecule has 3 aromatic heterocycles. The Hall–Kier alpha value is -2.91. The van der Waals surface area contributed by atoms with Crippen LogP contribution in [0.2, 0.25) is 0 Å². The van der Waals surface area contributed by atoms with Gasteiger partial charge >= 0.3 is 6.18 Å². The highest BCUT2D eigenvalue weighted by Gasteiger charge is 2.35. The van der Waals surface area contributed by atoms with E-state index >= 15 is 0 Å². The molecule has 4 rings (SSSR count). The molecule has 0 radical (unpaired) electrons. The number of rotatable bonds is 5. The summed E-state index contributed by atoms with van der Waals surface area (Å²) in [5.74, 6) is 1.17. The number of hydrogen-bond donors (Lipinski definition) is 1. The number of halogens is 3. The van der Waals surface area contributed by atoms with Crippen LogP contribution in [0.15, 0.2) is 24.8 Å². The lowest BCUT2D eigenvalue weighted by molar-refractivity contribution is -0.137. The molecule has 0 unspecified atom stereocenters. The molecule has 28 heavy (non-hydrogen) atoms. The van der Waals surface area contributed by atoms with Crippen molar-refractivity contribution in [1.82, 2.24) is 29.3 Å². The highest BCUT2D eigenvalue weighted by Crippen LogP contribution is 2.33. The van der Waals surface area contributed by atoms with Crippen molar-refractivity contribution < 1.29 is 13.2 Å². The largest absolute Gasteiger partial charge is 0.421 e. The second-order valence-corrected chi connectivity index (χ2v) is 6.83. The summed E-state index contributed by atoms with van der Waals surface area (Å²) in [6.45, 7) is 4.75. The van der Waals surface area contributed by atoms with Crippen LogP contribution in [0.3, 0.4) is 0 Å². The van der Waals surface area contributed by atoms with E-state index in [1.165, 1.54) is 0 Å². The number of anilines is 1. The summed E-state index contributed by atoms with van der Waals surface area (Å²) in [7, 11) is 0. The van der Waals surface area contributed by atoms with Gasteiger partial charge in [-0.3, -0.25) is 4.68 Å². The zero-order chi connectivity index (χ0) is 19.9. The number of alkyl halides is 3. The van der Waals surface area contributed by atoms with E-state index in [1.807, 2.05) is 24.0 Å². The van der Waals surface area contributed by atoms with Gasteiger partial charge in [0.2, 0.25) is 0 Å². The van der Waals surface area contributed by atoms with E-state index in [0.717, 1.165) is 36.2 Å². The normalized spacial score (nSPS) is 16.4. The van der Waals surface area contributed by atoms with Gasteiger partial charge in [-0.2, -0.15) is 18.3 Å². The van der Waals surface area contributed by atoms with Gasteiger partial charge in [-0.1, -0.05) is 0 Å². The fourth-order valence-electron chi connectivity index (χ4n) is 3.44. The monoisotopic (exact) mass is 391 g/mol. The number of nitrogens with zero attached hydrogens (tertiary/aromatic N) is 6. The van der Waals surface area contributed by atoms with Gasteiger partial charge in [0.15, 0.2) is 0 Å². The molecule has 1 aliphatic rings.